The van der Waals surface area contributed by atoms with E-state index in [4.69, 9.17) is 26.9 Å². The minimum Gasteiger partial charge on any atom is -0.394 e. The van der Waals surface area contributed by atoms with Crippen molar-refractivity contribution in [2.75, 3.05) is 13.3 Å². The molecule has 0 spiro atoms. The second kappa shape index (κ2) is 13.8. The Hall–Kier alpha value is -3.41. The average Bonchev–Trinajstić information content (AvgIpc) is 3.13. The number of aryl methyl sites for hydroxylation is 1. The molecule has 16 heteroatoms. The van der Waals surface area contributed by atoms with E-state index in [9.17, 15) is 41.9 Å². The Kier molecular flexibility index (Phi) is 10.6. The summed E-state index contributed by atoms with van der Waals surface area (Å²) in [5.74, 6) is -4.75. The number of rotatable bonds is 11. The summed E-state index contributed by atoms with van der Waals surface area (Å²) in [4.78, 5) is 13.0. The molecule has 4 rings (SSSR count). The largest absolute Gasteiger partial charge is 0.416 e. The molecule has 0 bridgehead atoms. The molecule has 1 heterocycles. The van der Waals surface area contributed by atoms with Gasteiger partial charge in [-0.05, 0) is 60.0 Å². The Morgan fingerprint density at radius 1 is 1.04 bits per heavy atom. The number of aliphatic hydroxyl groups excluding tert-OH is 1. The van der Waals surface area contributed by atoms with Crippen LogP contribution >= 0.6 is 11.6 Å². The molecule has 7 N–H and O–H groups in total. The minimum atomic E-state index is -4.67. The van der Waals surface area contributed by atoms with Crippen LogP contribution in [0.4, 0.5) is 17.6 Å². The maximum atomic E-state index is 13.7. The summed E-state index contributed by atoms with van der Waals surface area (Å²) in [5.41, 5.74) is 0.263. The van der Waals surface area contributed by atoms with Gasteiger partial charge in [-0.15, -0.1) is 0 Å². The van der Waals surface area contributed by atoms with Gasteiger partial charge in [0.25, 0.3) is 5.91 Å². The van der Waals surface area contributed by atoms with E-state index in [-0.39, 0.29) is 46.0 Å². The molecule has 3 aromatic rings. The molecule has 0 aliphatic heterocycles. The van der Waals surface area contributed by atoms with Gasteiger partial charge in [0.1, 0.15) is 17.5 Å². The Morgan fingerprint density at radius 3 is 2.39 bits per heavy atom. The highest BCUT2D eigenvalue weighted by molar-refractivity contribution is 7.90. The molecule has 2 aromatic carbocycles. The second-order valence-corrected chi connectivity index (χ2v) is 12.4. The molecule has 1 amide bonds. The van der Waals surface area contributed by atoms with Crippen molar-refractivity contribution in [1.82, 2.24) is 9.88 Å². The predicted molar refractivity (Wildman–Crippen MR) is 160 cm³/mol. The van der Waals surface area contributed by atoms with Crippen LogP contribution in [-0.2, 0) is 29.9 Å². The van der Waals surface area contributed by atoms with Crippen molar-refractivity contribution >= 4 is 39.2 Å². The van der Waals surface area contributed by atoms with E-state index in [0.717, 1.165) is 12.1 Å². The number of nitrogens with one attached hydrogen (secondary N) is 1. The zero-order valence-electron chi connectivity index (χ0n) is 23.7. The summed E-state index contributed by atoms with van der Waals surface area (Å²) in [6, 6.07) is 8.37. The standard InChI is InChI=1S/C30H29ClF4N2O8S/c31-21-7-4-18(24(15-21)28(33,34)35)13-22-14-20-12-19(6-9-26(20)37(22)11-10-32)27(39)36-25(16-38)17-2-1-3-23(8-5-17)46(45)30(43,44)29(40,41)42/h1-2,4-9,12,14-15,25,38,40-44H,3,10-11,13,16H2,(H,36,39). The first kappa shape index (κ1) is 35.4. The van der Waals surface area contributed by atoms with Gasteiger partial charge in [0.2, 0.25) is 0 Å². The van der Waals surface area contributed by atoms with Crippen LogP contribution in [0.5, 0.6) is 0 Å². The third-order valence-corrected chi connectivity index (χ3v) is 9.03. The Bertz CT molecular complexity index is 1740. The fourth-order valence-corrected chi connectivity index (χ4v) is 6.13. The maximum Gasteiger partial charge on any atom is 0.416 e. The molecule has 0 saturated heterocycles. The molecule has 1 aliphatic carbocycles. The molecule has 0 fully saturated rings. The number of hydrogen-bond acceptors (Lipinski definition) is 8. The number of alkyl halides is 4. The summed E-state index contributed by atoms with van der Waals surface area (Å²) in [7, 11) is -2.91. The van der Waals surface area contributed by atoms with Gasteiger partial charge in [-0.1, -0.05) is 35.9 Å². The molecule has 2 unspecified atom stereocenters. The molecule has 46 heavy (non-hydrogen) atoms. The first-order valence-corrected chi connectivity index (χ1v) is 15.1. The van der Waals surface area contributed by atoms with Gasteiger partial charge in [-0.2, -0.15) is 13.2 Å². The second-order valence-electron chi connectivity index (χ2n) is 10.4. The lowest BCUT2D eigenvalue weighted by atomic mass is 10.0. The highest BCUT2D eigenvalue weighted by Gasteiger charge is 2.53. The molecular formula is C30H29ClF4N2O8S. The molecule has 248 valence electrons. The number of halogens is 5. The number of fused-ring (bicyclic) bond motifs is 1. The van der Waals surface area contributed by atoms with Crippen LogP contribution in [-0.4, -0.2) is 75.7 Å². The quantitative estimate of drug-likeness (QED) is 0.119. The van der Waals surface area contributed by atoms with Gasteiger partial charge in [-0.25, -0.2) is 8.60 Å². The van der Waals surface area contributed by atoms with Crippen molar-refractivity contribution in [3.63, 3.8) is 0 Å². The summed E-state index contributed by atoms with van der Waals surface area (Å²) >= 11 is 5.80. The summed E-state index contributed by atoms with van der Waals surface area (Å²) in [6.45, 7) is -1.54. The molecule has 0 radical (unpaired) electrons. The maximum absolute atomic E-state index is 13.7. The topological polar surface area (TPSA) is 172 Å². The van der Waals surface area contributed by atoms with E-state index in [1.165, 1.54) is 53.1 Å². The van der Waals surface area contributed by atoms with Crippen LogP contribution < -0.4 is 5.32 Å². The van der Waals surface area contributed by atoms with Crippen molar-refractivity contribution in [3.05, 3.63) is 105 Å². The van der Waals surface area contributed by atoms with E-state index in [0.29, 0.717) is 16.6 Å². The predicted octanol–water partition coefficient (Wildman–Crippen LogP) is 2.75. The SMILES string of the molecule is O=C(NC(CO)C1=CC=C(S(=O)C(O)(O)C(O)(O)O)CC=C1)c1ccc2c(c1)cc(Cc1ccc(Cl)cc1C(F)(F)F)n2CCF. The number of allylic oxidation sites excluding steroid dienone is 4. The van der Waals surface area contributed by atoms with Gasteiger partial charge in [0, 0.05) is 38.5 Å². The third-order valence-electron chi connectivity index (χ3n) is 7.22. The molecule has 1 aromatic heterocycles. The van der Waals surface area contributed by atoms with Crippen molar-refractivity contribution in [1.29, 1.82) is 0 Å². The van der Waals surface area contributed by atoms with Crippen LogP contribution in [0.3, 0.4) is 0 Å². The Labute approximate surface area is 266 Å². The monoisotopic (exact) mass is 688 g/mol. The number of benzene rings is 2. The number of amides is 1. The van der Waals surface area contributed by atoms with Crippen LogP contribution in [0.25, 0.3) is 10.9 Å². The zero-order valence-corrected chi connectivity index (χ0v) is 25.3. The number of carbonyl (C=O) groups excluding carboxylic acids is 1. The van der Waals surface area contributed by atoms with Crippen molar-refractivity contribution in [2.24, 2.45) is 0 Å². The van der Waals surface area contributed by atoms with Gasteiger partial charge in [0.15, 0.2) is 0 Å². The van der Waals surface area contributed by atoms with E-state index < -0.39 is 58.9 Å². The number of aromatic nitrogens is 1. The number of aliphatic hydroxyl groups is 6. The molecule has 1 aliphatic rings. The van der Waals surface area contributed by atoms with Gasteiger partial charge in [-0.3, -0.25) is 4.79 Å². The highest BCUT2D eigenvalue weighted by atomic mass is 35.5. The van der Waals surface area contributed by atoms with Gasteiger partial charge < -0.3 is 40.5 Å². The van der Waals surface area contributed by atoms with Gasteiger partial charge in [0.05, 0.1) is 24.8 Å². The van der Waals surface area contributed by atoms with Crippen LogP contribution in [0.15, 0.2) is 77.2 Å². The molecule has 0 saturated carbocycles. The number of hydrogen-bond donors (Lipinski definition) is 7. The first-order valence-electron chi connectivity index (χ1n) is 13.5. The average molecular weight is 689 g/mol. The Balaban J connectivity index is 1.60. The number of carbonyl (C=O) groups is 1. The van der Waals surface area contributed by atoms with Crippen molar-refractivity contribution in [3.8, 4) is 0 Å². The van der Waals surface area contributed by atoms with E-state index in [2.05, 4.69) is 5.32 Å². The van der Waals surface area contributed by atoms with Crippen LogP contribution in [0.1, 0.15) is 33.6 Å². The van der Waals surface area contributed by atoms with Crippen molar-refractivity contribution in [2.45, 2.75) is 42.7 Å². The lowest BCUT2D eigenvalue weighted by molar-refractivity contribution is -0.413. The number of nitrogens with zero attached hydrogens (tertiary/aromatic N) is 1. The van der Waals surface area contributed by atoms with Crippen LogP contribution in [0.2, 0.25) is 5.02 Å². The Morgan fingerprint density at radius 2 is 1.76 bits per heavy atom. The molecule has 2 atom stereocenters. The van der Waals surface area contributed by atoms with E-state index >= 15 is 0 Å². The van der Waals surface area contributed by atoms with E-state index in [1.54, 1.807) is 6.07 Å². The minimum absolute atomic E-state index is 0.0681. The fraction of sp³-hybridized carbons (Fsp3) is 0.300. The zero-order chi connectivity index (χ0) is 34.0. The van der Waals surface area contributed by atoms with Gasteiger partial charge >= 0.3 is 17.3 Å². The fourth-order valence-electron chi connectivity index (χ4n) is 4.90. The molecule has 10 nitrogen and oxygen atoms in total. The van der Waals surface area contributed by atoms with Crippen molar-refractivity contribution < 1.29 is 57.2 Å². The lowest BCUT2D eigenvalue weighted by Crippen LogP contribution is -2.57. The summed E-state index contributed by atoms with van der Waals surface area (Å²) in [6.07, 6.45) is 0.217. The summed E-state index contributed by atoms with van der Waals surface area (Å²) < 4.78 is 68.6. The first-order chi connectivity index (χ1) is 21.5. The summed E-state index contributed by atoms with van der Waals surface area (Å²) in [5, 5.41) is 56.1. The molecular weight excluding hydrogens is 660 g/mol. The van der Waals surface area contributed by atoms with Crippen LogP contribution in [0, 0.1) is 0 Å². The van der Waals surface area contributed by atoms with E-state index in [1.807, 2.05) is 0 Å². The highest BCUT2D eigenvalue weighted by Crippen LogP contribution is 2.36. The smallest absolute Gasteiger partial charge is 0.394 e. The normalized spacial score (nSPS) is 15.7. The third kappa shape index (κ3) is 7.58. The lowest BCUT2D eigenvalue weighted by Gasteiger charge is -2.29.